The number of aryl methyl sites for hydroxylation is 1. The Morgan fingerprint density at radius 2 is 1.75 bits per heavy atom. The molecule has 2 aromatic carbocycles. The number of nitrogens with zero attached hydrogens (tertiary/aromatic N) is 6. The summed E-state index contributed by atoms with van der Waals surface area (Å²) in [4.78, 5) is 48.2. The molecule has 278 valence electrons. The molecule has 2 aliphatic heterocycles. The molecule has 1 atom stereocenters. The summed E-state index contributed by atoms with van der Waals surface area (Å²) in [6.07, 6.45) is 2.34. The summed E-state index contributed by atoms with van der Waals surface area (Å²) < 4.78 is 57.0. The number of likely N-dealkylation sites (tertiary alicyclic amines) is 1. The molecule has 0 bridgehead atoms. The SMILES string of the molecule is CCN(C(=O)c1ccc(-c2ccc3nccc(C(=O)NCC(=O)N4CC(F)(F)CC4C#N)c3c2)cn1)N1CCNCC1.Cc1ccc(S(=O)(=O)O)cc1. The van der Waals surface area contributed by atoms with E-state index in [0.717, 1.165) is 47.8 Å². The van der Waals surface area contributed by atoms with Crippen molar-refractivity contribution < 1.29 is 36.1 Å². The minimum atomic E-state index is -4.02. The monoisotopic (exact) mass is 748 g/mol. The number of carbonyl (C=O) groups is 3. The number of hydrazine groups is 1. The fourth-order valence-electron chi connectivity index (χ4n) is 5.97. The number of rotatable bonds is 8. The molecule has 4 aromatic rings. The van der Waals surface area contributed by atoms with E-state index < -0.39 is 53.4 Å². The maximum absolute atomic E-state index is 13.7. The van der Waals surface area contributed by atoms with Gasteiger partial charge in [0.15, 0.2) is 0 Å². The Bertz CT molecular complexity index is 2120. The number of halogens is 2. The molecule has 0 aliphatic carbocycles. The summed E-state index contributed by atoms with van der Waals surface area (Å²) in [6, 6.07) is 16.8. The fourth-order valence-corrected chi connectivity index (χ4v) is 6.45. The topological polar surface area (TPSA) is 189 Å². The van der Waals surface area contributed by atoms with Gasteiger partial charge in [0.1, 0.15) is 11.7 Å². The summed E-state index contributed by atoms with van der Waals surface area (Å²) in [6.45, 7) is 6.00. The zero-order valence-corrected chi connectivity index (χ0v) is 29.8. The fraction of sp³-hybridized carbons (Fsp3) is 0.333. The zero-order valence-electron chi connectivity index (χ0n) is 29.0. The van der Waals surface area contributed by atoms with Crippen LogP contribution in [-0.2, 0) is 14.9 Å². The molecule has 1 unspecified atom stereocenters. The van der Waals surface area contributed by atoms with Crippen LogP contribution < -0.4 is 10.6 Å². The molecule has 2 aliphatic rings. The Morgan fingerprint density at radius 3 is 2.38 bits per heavy atom. The maximum Gasteiger partial charge on any atom is 0.294 e. The molecular formula is C36H38F2N8O6S. The Labute approximate surface area is 305 Å². The van der Waals surface area contributed by atoms with Gasteiger partial charge in [-0.15, -0.1) is 0 Å². The van der Waals surface area contributed by atoms with Gasteiger partial charge in [0.25, 0.3) is 27.9 Å². The van der Waals surface area contributed by atoms with Crippen LogP contribution in [-0.4, -0.2) is 113 Å². The number of hydrogen-bond acceptors (Lipinski definition) is 10. The highest BCUT2D eigenvalue weighted by Crippen LogP contribution is 2.32. The van der Waals surface area contributed by atoms with Crippen molar-refractivity contribution in [2.24, 2.45) is 0 Å². The Balaban J connectivity index is 0.000000422. The molecule has 17 heteroatoms. The first-order valence-electron chi connectivity index (χ1n) is 16.7. The lowest BCUT2D eigenvalue weighted by molar-refractivity contribution is -0.131. The number of nitriles is 1. The molecule has 3 N–H and O–H groups in total. The molecule has 0 radical (unpaired) electrons. The van der Waals surface area contributed by atoms with E-state index in [1.165, 1.54) is 24.4 Å². The molecule has 53 heavy (non-hydrogen) atoms. The lowest BCUT2D eigenvalue weighted by Crippen LogP contribution is -2.54. The lowest BCUT2D eigenvalue weighted by Gasteiger charge is -2.36. The molecular weight excluding hydrogens is 711 g/mol. The third kappa shape index (κ3) is 9.53. The quantitative estimate of drug-likeness (QED) is 0.224. The molecule has 3 amide bonds. The van der Waals surface area contributed by atoms with Crippen LogP contribution in [0.5, 0.6) is 0 Å². The molecule has 2 aromatic heterocycles. The minimum Gasteiger partial charge on any atom is -0.343 e. The molecule has 0 spiro atoms. The Morgan fingerprint density at radius 1 is 1.06 bits per heavy atom. The summed E-state index contributed by atoms with van der Waals surface area (Å²) in [5.41, 5.74) is 3.51. The highest BCUT2D eigenvalue weighted by Gasteiger charge is 2.47. The standard InChI is InChI=1S/C29H30F2N8O3.C7H8O3S/c1-2-39(37-11-9-33-10-12-37)28(42)25-6-4-20(16-35-25)19-3-5-24-23(13-19)22(7-8-34-24)27(41)36-17-26(40)38-18-29(30,31)14-21(38)15-32;1-6-2-4-7(5-3-6)11(8,9)10/h3-8,13,16,21,33H,2,9-12,14,17-18H2,1H3,(H,36,41);2-5H,1H3,(H,8,9,10). The van der Waals surface area contributed by atoms with Crippen LogP contribution in [0.4, 0.5) is 8.78 Å². The van der Waals surface area contributed by atoms with E-state index in [4.69, 9.17) is 9.81 Å². The van der Waals surface area contributed by atoms with Crippen LogP contribution >= 0.6 is 0 Å². The van der Waals surface area contributed by atoms with Crippen LogP contribution in [0.25, 0.3) is 22.0 Å². The van der Waals surface area contributed by atoms with Crippen molar-refractivity contribution >= 4 is 38.7 Å². The summed E-state index contributed by atoms with van der Waals surface area (Å²) in [7, 11) is -4.02. The largest absolute Gasteiger partial charge is 0.343 e. The van der Waals surface area contributed by atoms with E-state index in [1.54, 1.807) is 53.7 Å². The molecule has 2 saturated heterocycles. The number of alkyl halides is 2. The number of nitrogens with one attached hydrogen (secondary N) is 2. The van der Waals surface area contributed by atoms with Crippen molar-refractivity contribution in [3.05, 3.63) is 89.9 Å². The van der Waals surface area contributed by atoms with Crippen LogP contribution in [0, 0.1) is 18.3 Å². The maximum atomic E-state index is 13.7. The first-order chi connectivity index (χ1) is 25.2. The van der Waals surface area contributed by atoms with E-state index in [-0.39, 0.29) is 16.4 Å². The Hall–Kier alpha value is -5.41. The van der Waals surface area contributed by atoms with E-state index in [1.807, 2.05) is 24.9 Å². The van der Waals surface area contributed by atoms with Gasteiger partial charge in [-0.05, 0) is 55.8 Å². The smallest absolute Gasteiger partial charge is 0.294 e. The third-order valence-electron chi connectivity index (χ3n) is 8.73. The summed E-state index contributed by atoms with van der Waals surface area (Å²) >= 11 is 0. The van der Waals surface area contributed by atoms with Crippen LogP contribution in [0.3, 0.4) is 0 Å². The highest BCUT2D eigenvalue weighted by atomic mass is 32.2. The van der Waals surface area contributed by atoms with Gasteiger partial charge < -0.3 is 15.5 Å². The van der Waals surface area contributed by atoms with Gasteiger partial charge in [0, 0.05) is 62.5 Å². The number of amides is 3. The first kappa shape index (κ1) is 38.8. The molecule has 4 heterocycles. The van der Waals surface area contributed by atoms with Crippen LogP contribution in [0.15, 0.2) is 78.0 Å². The van der Waals surface area contributed by atoms with E-state index >= 15 is 0 Å². The average molecular weight is 749 g/mol. The van der Waals surface area contributed by atoms with Crippen molar-refractivity contribution in [1.82, 2.24) is 35.5 Å². The number of pyridine rings is 2. The van der Waals surface area contributed by atoms with Crippen molar-refractivity contribution in [2.45, 2.75) is 37.1 Å². The van der Waals surface area contributed by atoms with Crippen LogP contribution in [0.1, 0.15) is 39.8 Å². The minimum absolute atomic E-state index is 0.0666. The summed E-state index contributed by atoms with van der Waals surface area (Å²) in [5, 5.41) is 19.1. The van der Waals surface area contributed by atoms with E-state index in [9.17, 15) is 31.6 Å². The highest BCUT2D eigenvalue weighted by molar-refractivity contribution is 7.85. The summed E-state index contributed by atoms with van der Waals surface area (Å²) in [5.74, 6) is -4.66. The van der Waals surface area contributed by atoms with Gasteiger partial charge >= 0.3 is 0 Å². The van der Waals surface area contributed by atoms with Gasteiger partial charge in [-0.3, -0.25) is 33.9 Å². The van der Waals surface area contributed by atoms with E-state index in [2.05, 4.69) is 20.6 Å². The number of carbonyl (C=O) groups excluding carboxylic acids is 3. The predicted octanol–water partition coefficient (Wildman–Crippen LogP) is 3.31. The van der Waals surface area contributed by atoms with Crippen molar-refractivity contribution in [3.63, 3.8) is 0 Å². The van der Waals surface area contributed by atoms with Gasteiger partial charge in [0.05, 0.1) is 35.1 Å². The van der Waals surface area contributed by atoms with E-state index in [0.29, 0.717) is 23.1 Å². The second-order valence-electron chi connectivity index (χ2n) is 12.4. The number of benzene rings is 2. The number of fused-ring (bicyclic) bond motifs is 1. The third-order valence-corrected chi connectivity index (χ3v) is 9.60. The number of aromatic nitrogens is 2. The first-order valence-corrected chi connectivity index (χ1v) is 18.2. The molecule has 2 fully saturated rings. The number of piperazine rings is 1. The predicted molar refractivity (Wildman–Crippen MR) is 190 cm³/mol. The van der Waals surface area contributed by atoms with Gasteiger partial charge in [-0.1, -0.05) is 29.8 Å². The van der Waals surface area contributed by atoms with Crippen molar-refractivity contribution in [2.75, 3.05) is 45.8 Å². The number of hydrogen-bond donors (Lipinski definition) is 3. The second-order valence-corrected chi connectivity index (χ2v) is 13.9. The molecule has 6 rings (SSSR count). The lowest BCUT2D eigenvalue weighted by atomic mass is 10.0. The van der Waals surface area contributed by atoms with Gasteiger partial charge in [-0.2, -0.15) is 13.7 Å². The molecule has 14 nitrogen and oxygen atoms in total. The van der Waals surface area contributed by atoms with Gasteiger partial charge in [-0.25, -0.2) is 13.8 Å². The second kappa shape index (κ2) is 16.5. The van der Waals surface area contributed by atoms with Crippen molar-refractivity contribution in [3.8, 4) is 17.2 Å². The van der Waals surface area contributed by atoms with Gasteiger partial charge in [0.2, 0.25) is 5.91 Å². The molecule has 0 saturated carbocycles. The van der Waals surface area contributed by atoms with Crippen molar-refractivity contribution in [1.29, 1.82) is 5.26 Å². The Kier molecular flexibility index (Phi) is 12.1. The zero-order chi connectivity index (χ0) is 38.3. The van der Waals surface area contributed by atoms with Crippen LogP contribution in [0.2, 0.25) is 0 Å². The average Bonchev–Trinajstić information content (AvgIpc) is 3.48. The normalized spacial score (nSPS) is 17.0.